The van der Waals surface area contributed by atoms with Crippen molar-refractivity contribution >= 4 is 27.7 Å². The van der Waals surface area contributed by atoms with E-state index in [1.165, 1.54) is 20.7 Å². The Kier molecular flexibility index (Phi) is 5.58. The number of carbonyl (C=O) groups excluding carboxylic acids is 1. The van der Waals surface area contributed by atoms with Crippen molar-refractivity contribution < 1.29 is 13.2 Å². The summed E-state index contributed by atoms with van der Waals surface area (Å²) in [5.74, 6) is -0.0465. The molecule has 1 fully saturated rings. The maximum Gasteiger partial charge on any atom is 0.243 e. The summed E-state index contributed by atoms with van der Waals surface area (Å²) in [5.41, 5.74) is 0. The van der Waals surface area contributed by atoms with E-state index in [-0.39, 0.29) is 29.1 Å². The van der Waals surface area contributed by atoms with Gasteiger partial charge < -0.3 is 4.90 Å². The molecule has 2 aromatic rings. The molecular weight excluding hydrogens is 376 g/mol. The monoisotopic (exact) mass is 396 g/mol. The number of amides is 1. The van der Waals surface area contributed by atoms with Crippen LogP contribution in [0.2, 0.25) is 0 Å². The molecule has 3 rings (SSSR count). The summed E-state index contributed by atoms with van der Waals surface area (Å²) in [6.07, 6.45) is 0. The average Bonchev–Trinajstić information content (AvgIpc) is 3.06. The number of tetrazole rings is 1. The summed E-state index contributed by atoms with van der Waals surface area (Å²) in [7, 11) is -1.80. The van der Waals surface area contributed by atoms with Crippen molar-refractivity contribution in [2.45, 2.75) is 22.2 Å². The molecule has 26 heavy (non-hydrogen) atoms. The van der Waals surface area contributed by atoms with E-state index in [0.717, 1.165) is 0 Å². The maximum absolute atomic E-state index is 12.6. The molecule has 0 N–H and O–H groups in total. The van der Waals surface area contributed by atoms with Gasteiger partial charge in [-0.2, -0.15) is 4.31 Å². The standard InChI is InChI=1S/C15H20N6O3S2/c1-12(25-15-16-17-18-19(15)2)14(22)20-8-10-21(11-9-20)26(23,24)13-6-4-3-5-7-13/h3-7,12H,8-11H2,1-2H3/t12-/m1/s1. The van der Waals surface area contributed by atoms with Crippen molar-refractivity contribution in [3.63, 3.8) is 0 Å². The number of benzene rings is 1. The van der Waals surface area contributed by atoms with Gasteiger partial charge in [-0.3, -0.25) is 4.79 Å². The van der Waals surface area contributed by atoms with Gasteiger partial charge in [-0.25, -0.2) is 13.1 Å². The highest BCUT2D eigenvalue weighted by Crippen LogP contribution is 2.23. The number of aryl methyl sites for hydroxylation is 1. The fourth-order valence-electron chi connectivity index (χ4n) is 2.68. The summed E-state index contributed by atoms with van der Waals surface area (Å²) in [4.78, 5) is 14.6. The zero-order valence-electron chi connectivity index (χ0n) is 14.5. The molecule has 0 unspecified atom stereocenters. The number of hydrogen-bond acceptors (Lipinski definition) is 7. The zero-order valence-corrected chi connectivity index (χ0v) is 16.2. The van der Waals surface area contributed by atoms with Crippen LogP contribution in [0.3, 0.4) is 0 Å². The smallest absolute Gasteiger partial charge is 0.243 e. The fraction of sp³-hybridized carbons (Fsp3) is 0.467. The van der Waals surface area contributed by atoms with Gasteiger partial charge in [0.15, 0.2) is 0 Å². The first-order valence-electron chi connectivity index (χ1n) is 8.12. The third-order valence-electron chi connectivity index (χ3n) is 4.14. The second-order valence-corrected chi connectivity index (χ2v) is 9.13. The molecule has 0 spiro atoms. The number of aromatic nitrogens is 4. The van der Waals surface area contributed by atoms with Crippen molar-refractivity contribution in [2.24, 2.45) is 7.05 Å². The van der Waals surface area contributed by atoms with Gasteiger partial charge >= 0.3 is 0 Å². The minimum Gasteiger partial charge on any atom is -0.339 e. The van der Waals surface area contributed by atoms with Crippen molar-refractivity contribution in [2.75, 3.05) is 26.2 Å². The molecule has 1 atom stereocenters. The van der Waals surface area contributed by atoms with Crippen LogP contribution in [0, 0.1) is 0 Å². The minimum absolute atomic E-state index is 0.0465. The highest BCUT2D eigenvalue weighted by atomic mass is 32.2. The van der Waals surface area contributed by atoms with Crippen LogP contribution in [0.5, 0.6) is 0 Å². The topological polar surface area (TPSA) is 101 Å². The number of sulfonamides is 1. The second kappa shape index (κ2) is 7.72. The molecule has 0 saturated carbocycles. The van der Waals surface area contributed by atoms with Gasteiger partial charge in [0, 0.05) is 33.2 Å². The first-order valence-corrected chi connectivity index (χ1v) is 10.4. The van der Waals surface area contributed by atoms with Crippen LogP contribution in [0.1, 0.15) is 6.92 Å². The Bertz CT molecular complexity index is 863. The molecule has 1 saturated heterocycles. The van der Waals surface area contributed by atoms with Gasteiger partial charge in [-0.1, -0.05) is 30.0 Å². The molecular formula is C15H20N6O3S2. The van der Waals surface area contributed by atoms with Crippen LogP contribution in [-0.4, -0.2) is 75.2 Å². The lowest BCUT2D eigenvalue weighted by atomic mass is 10.3. The summed E-state index contributed by atoms with van der Waals surface area (Å²) >= 11 is 1.29. The number of piperazine rings is 1. The minimum atomic E-state index is -3.52. The molecule has 0 aliphatic carbocycles. The highest BCUT2D eigenvalue weighted by molar-refractivity contribution is 8.00. The van der Waals surface area contributed by atoms with E-state index in [2.05, 4.69) is 15.5 Å². The van der Waals surface area contributed by atoms with Crippen LogP contribution in [0.4, 0.5) is 0 Å². The molecule has 0 radical (unpaired) electrons. The van der Waals surface area contributed by atoms with Gasteiger partial charge in [0.05, 0.1) is 10.1 Å². The third-order valence-corrected chi connectivity index (χ3v) is 7.17. The molecule has 2 heterocycles. The molecule has 9 nitrogen and oxygen atoms in total. The Hall–Kier alpha value is -1.98. The Morgan fingerprint density at radius 1 is 1.15 bits per heavy atom. The van der Waals surface area contributed by atoms with Crippen LogP contribution < -0.4 is 0 Å². The Morgan fingerprint density at radius 3 is 2.38 bits per heavy atom. The average molecular weight is 396 g/mol. The van der Waals surface area contributed by atoms with Gasteiger partial charge in [0.25, 0.3) is 0 Å². The molecule has 1 aromatic carbocycles. The number of carbonyl (C=O) groups is 1. The highest BCUT2D eigenvalue weighted by Gasteiger charge is 2.32. The Labute approximate surface area is 156 Å². The number of rotatable bonds is 5. The summed E-state index contributed by atoms with van der Waals surface area (Å²) < 4.78 is 28.2. The molecule has 1 aliphatic heterocycles. The van der Waals surface area contributed by atoms with Gasteiger partial charge in [0.1, 0.15) is 0 Å². The normalized spacial score (nSPS) is 17.2. The van der Waals surface area contributed by atoms with Gasteiger partial charge in [-0.05, 0) is 29.5 Å². The predicted molar refractivity (Wildman–Crippen MR) is 95.9 cm³/mol. The van der Waals surface area contributed by atoms with Crippen LogP contribution >= 0.6 is 11.8 Å². The van der Waals surface area contributed by atoms with E-state index < -0.39 is 10.0 Å². The van der Waals surface area contributed by atoms with Crippen molar-refractivity contribution in [3.05, 3.63) is 30.3 Å². The van der Waals surface area contributed by atoms with Gasteiger partial charge in [-0.15, -0.1) is 5.10 Å². The molecule has 0 bridgehead atoms. The number of nitrogens with zero attached hydrogens (tertiary/aromatic N) is 6. The summed E-state index contributed by atoms with van der Waals surface area (Å²) in [6, 6.07) is 8.35. The largest absolute Gasteiger partial charge is 0.339 e. The van der Waals surface area contributed by atoms with E-state index in [1.54, 1.807) is 49.2 Å². The van der Waals surface area contributed by atoms with E-state index >= 15 is 0 Å². The number of hydrogen-bond donors (Lipinski definition) is 0. The predicted octanol–water partition coefficient (Wildman–Crippen LogP) is 0.224. The quantitative estimate of drug-likeness (QED) is 0.667. The Morgan fingerprint density at radius 2 is 1.81 bits per heavy atom. The molecule has 1 aliphatic rings. The van der Waals surface area contributed by atoms with Crippen LogP contribution in [-0.2, 0) is 21.9 Å². The lowest BCUT2D eigenvalue weighted by molar-refractivity contribution is -0.131. The Balaban J connectivity index is 1.59. The van der Waals surface area contributed by atoms with Crippen LogP contribution in [0.15, 0.2) is 40.4 Å². The fourth-order valence-corrected chi connectivity index (χ4v) is 4.96. The lowest BCUT2D eigenvalue weighted by Crippen LogP contribution is -2.52. The van der Waals surface area contributed by atoms with Gasteiger partial charge in [0.2, 0.25) is 21.1 Å². The second-order valence-electron chi connectivity index (χ2n) is 5.89. The SMILES string of the molecule is C[C@@H](Sc1nnnn1C)C(=O)N1CCN(S(=O)(=O)c2ccccc2)CC1. The number of thioether (sulfide) groups is 1. The van der Waals surface area contributed by atoms with E-state index in [4.69, 9.17) is 0 Å². The van der Waals surface area contributed by atoms with Crippen molar-refractivity contribution in [1.82, 2.24) is 29.4 Å². The molecule has 1 aromatic heterocycles. The molecule has 11 heteroatoms. The lowest BCUT2D eigenvalue weighted by Gasteiger charge is -2.35. The molecule has 1 amide bonds. The van der Waals surface area contributed by atoms with E-state index in [0.29, 0.717) is 18.2 Å². The van der Waals surface area contributed by atoms with Crippen molar-refractivity contribution in [3.8, 4) is 0 Å². The zero-order chi connectivity index (χ0) is 18.7. The van der Waals surface area contributed by atoms with Crippen LogP contribution in [0.25, 0.3) is 0 Å². The molecule has 140 valence electrons. The summed E-state index contributed by atoms with van der Waals surface area (Å²) in [5, 5.41) is 11.4. The van der Waals surface area contributed by atoms with E-state index in [1.807, 2.05) is 0 Å². The third kappa shape index (κ3) is 3.89. The van der Waals surface area contributed by atoms with E-state index in [9.17, 15) is 13.2 Å². The maximum atomic E-state index is 12.6. The summed E-state index contributed by atoms with van der Waals surface area (Å²) in [6.45, 7) is 3.10. The first kappa shape index (κ1) is 18.8. The first-order chi connectivity index (χ1) is 12.4. The van der Waals surface area contributed by atoms with Crippen molar-refractivity contribution in [1.29, 1.82) is 0 Å².